The first-order valence-corrected chi connectivity index (χ1v) is 7.18. The summed E-state index contributed by atoms with van der Waals surface area (Å²) in [6.07, 6.45) is 2.60. The van der Waals surface area contributed by atoms with Gasteiger partial charge in [0.15, 0.2) is 0 Å². The molecule has 0 amide bonds. The second-order valence-electron chi connectivity index (χ2n) is 4.38. The summed E-state index contributed by atoms with van der Waals surface area (Å²) in [6.45, 7) is 4.25. The Bertz CT molecular complexity index is 319. The van der Waals surface area contributed by atoms with Gasteiger partial charge in [0.1, 0.15) is 0 Å². The molecule has 0 aromatic heterocycles. The molecule has 0 aliphatic carbocycles. The lowest BCUT2D eigenvalue weighted by atomic mass is 10.2. The van der Waals surface area contributed by atoms with Gasteiger partial charge in [-0.15, -0.1) is 0 Å². The third kappa shape index (κ3) is 3.14. The largest absolute Gasteiger partial charge is 0.377 e. The zero-order chi connectivity index (χ0) is 11.6. The third-order valence-corrected chi connectivity index (χ3v) is 4.26. The highest BCUT2D eigenvalue weighted by atomic mass is 32.2. The maximum atomic E-state index is 11.1. The van der Waals surface area contributed by atoms with Gasteiger partial charge in [-0.2, -0.15) is 12.7 Å². The molecule has 0 bridgehead atoms. The van der Waals surface area contributed by atoms with Crippen LogP contribution < -0.4 is 5.14 Å². The van der Waals surface area contributed by atoms with Crippen LogP contribution in [0, 0.1) is 0 Å². The average molecular weight is 249 g/mol. The minimum atomic E-state index is -3.50. The van der Waals surface area contributed by atoms with Crippen molar-refractivity contribution in [3.63, 3.8) is 0 Å². The second-order valence-corrected chi connectivity index (χ2v) is 5.93. The number of hydrogen-bond acceptors (Lipinski definition) is 4. The predicted octanol–water partition coefficient (Wildman–Crippen LogP) is -1.01. The van der Waals surface area contributed by atoms with Crippen molar-refractivity contribution < 1.29 is 13.2 Å². The van der Waals surface area contributed by atoms with E-state index < -0.39 is 10.2 Å². The molecule has 0 aromatic rings. The van der Waals surface area contributed by atoms with E-state index in [0.29, 0.717) is 19.2 Å². The molecular weight excluding hydrogens is 230 g/mol. The molecule has 16 heavy (non-hydrogen) atoms. The number of rotatable bonds is 3. The van der Waals surface area contributed by atoms with E-state index in [1.807, 2.05) is 0 Å². The molecular formula is C9H19N3O3S. The summed E-state index contributed by atoms with van der Waals surface area (Å²) in [4.78, 5) is 2.25. The third-order valence-electron chi connectivity index (χ3n) is 3.18. The lowest BCUT2D eigenvalue weighted by Crippen LogP contribution is -2.51. The van der Waals surface area contributed by atoms with Gasteiger partial charge in [-0.25, -0.2) is 5.14 Å². The minimum absolute atomic E-state index is 0.334. The zero-order valence-electron chi connectivity index (χ0n) is 9.34. The number of hydrogen-bond donors (Lipinski definition) is 1. The lowest BCUT2D eigenvalue weighted by Gasteiger charge is -2.33. The summed E-state index contributed by atoms with van der Waals surface area (Å²) in [5.74, 6) is 0. The molecule has 1 atom stereocenters. The van der Waals surface area contributed by atoms with E-state index in [2.05, 4.69) is 4.90 Å². The van der Waals surface area contributed by atoms with Crippen LogP contribution in [0.4, 0.5) is 0 Å². The molecule has 6 nitrogen and oxygen atoms in total. The highest BCUT2D eigenvalue weighted by Crippen LogP contribution is 2.14. The van der Waals surface area contributed by atoms with Crippen LogP contribution in [0.25, 0.3) is 0 Å². The van der Waals surface area contributed by atoms with E-state index in [0.717, 1.165) is 39.1 Å². The van der Waals surface area contributed by atoms with E-state index in [1.165, 1.54) is 4.31 Å². The van der Waals surface area contributed by atoms with Crippen molar-refractivity contribution >= 4 is 10.2 Å². The van der Waals surface area contributed by atoms with Crippen LogP contribution in [0.2, 0.25) is 0 Å². The molecule has 2 aliphatic heterocycles. The second kappa shape index (κ2) is 4.97. The minimum Gasteiger partial charge on any atom is -0.377 e. The zero-order valence-corrected chi connectivity index (χ0v) is 10.2. The van der Waals surface area contributed by atoms with Crippen LogP contribution in [0.3, 0.4) is 0 Å². The van der Waals surface area contributed by atoms with Crippen molar-refractivity contribution in [1.82, 2.24) is 9.21 Å². The fraction of sp³-hybridized carbons (Fsp3) is 1.00. The van der Waals surface area contributed by atoms with Gasteiger partial charge >= 0.3 is 0 Å². The van der Waals surface area contributed by atoms with E-state index in [4.69, 9.17) is 9.88 Å². The van der Waals surface area contributed by atoms with Crippen molar-refractivity contribution in [3.8, 4) is 0 Å². The van der Waals surface area contributed by atoms with E-state index in [1.54, 1.807) is 0 Å². The Balaban J connectivity index is 1.76. The number of ether oxygens (including phenoxy) is 1. The van der Waals surface area contributed by atoms with Crippen LogP contribution >= 0.6 is 0 Å². The molecule has 0 aromatic carbocycles. The lowest BCUT2D eigenvalue weighted by molar-refractivity contribution is 0.0617. The van der Waals surface area contributed by atoms with Crippen LogP contribution in [0.5, 0.6) is 0 Å². The number of nitrogens with two attached hydrogens (primary N) is 1. The summed E-state index contributed by atoms with van der Waals surface area (Å²) in [5, 5.41) is 5.07. The van der Waals surface area contributed by atoms with E-state index in [9.17, 15) is 8.42 Å². The van der Waals surface area contributed by atoms with Gasteiger partial charge < -0.3 is 4.74 Å². The van der Waals surface area contributed by atoms with Gasteiger partial charge in [-0.1, -0.05) is 0 Å². The van der Waals surface area contributed by atoms with Gasteiger partial charge in [-0.05, 0) is 12.8 Å². The molecule has 2 rings (SSSR count). The van der Waals surface area contributed by atoms with Gasteiger partial charge in [0.25, 0.3) is 10.2 Å². The van der Waals surface area contributed by atoms with Crippen LogP contribution in [-0.4, -0.2) is 63.1 Å². The van der Waals surface area contributed by atoms with Crippen molar-refractivity contribution in [2.75, 3.05) is 39.3 Å². The topological polar surface area (TPSA) is 75.9 Å². The van der Waals surface area contributed by atoms with Crippen molar-refractivity contribution in [1.29, 1.82) is 0 Å². The van der Waals surface area contributed by atoms with Gasteiger partial charge in [-0.3, -0.25) is 4.90 Å². The predicted molar refractivity (Wildman–Crippen MR) is 60.1 cm³/mol. The van der Waals surface area contributed by atoms with Gasteiger partial charge in [0.05, 0.1) is 6.10 Å². The number of nitrogens with zero attached hydrogens (tertiary/aromatic N) is 2. The molecule has 2 aliphatic rings. The first-order chi connectivity index (χ1) is 7.55. The molecule has 1 unspecified atom stereocenters. The SMILES string of the molecule is NS(=O)(=O)N1CCN(CC2CCCO2)CC1. The summed E-state index contributed by atoms with van der Waals surface area (Å²) in [7, 11) is -3.50. The highest BCUT2D eigenvalue weighted by Gasteiger charge is 2.26. The molecule has 0 radical (unpaired) electrons. The van der Waals surface area contributed by atoms with Crippen LogP contribution in [0.1, 0.15) is 12.8 Å². The standard InChI is InChI=1S/C9H19N3O3S/c10-16(13,14)12-5-3-11(4-6-12)8-9-2-1-7-15-9/h9H,1-8H2,(H2,10,13,14). The molecule has 2 fully saturated rings. The smallest absolute Gasteiger partial charge is 0.276 e. The summed E-state index contributed by atoms with van der Waals surface area (Å²) >= 11 is 0. The van der Waals surface area contributed by atoms with Crippen LogP contribution in [-0.2, 0) is 14.9 Å². The first kappa shape index (κ1) is 12.3. The maximum absolute atomic E-state index is 11.1. The Morgan fingerprint density at radius 2 is 1.94 bits per heavy atom. The molecule has 94 valence electrons. The Morgan fingerprint density at radius 1 is 1.25 bits per heavy atom. The quantitative estimate of drug-likeness (QED) is 0.695. The maximum Gasteiger partial charge on any atom is 0.276 e. The molecule has 2 N–H and O–H groups in total. The summed E-state index contributed by atoms with van der Waals surface area (Å²) < 4.78 is 29.1. The Labute approximate surface area is 96.5 Å². The van der Waals surface area contributed by atoms with Crippen molar-refractivity contribution in [2.24, 2.45) is 5.14 Å². The average Bonchev–Trinajstić information content (AvgIpc) is 2.70. The Hall–Kier alpha value is -0.210. The summed E-state index contributed by atoms with van der Waals surface area (Å²) in [5.41, 5.74) is 0. The van der Waals surface area contributed by atoms with E-state index >= 15 is 0 Å². The van der Waals surface area contributed by atoms with Crippen molar-refractivity contribution in [3.05, 3.63) is 0 Å². The first-order valence-electron chi connectivity index (χ1n) is 5.67. The monoisotopic (exact) mass is 249 g/mol. The van der Waals surface area contributed by atoms with Crippen LogP contribution in [0.15, 0.2) is 0 Å². The van der Waals surface area contributed by atoms with Crippen molar-refractivity contribution in [2.45, 2.75) is 18.9 Å². The molecule has 0 saturated carbocycles. The van der Waals surface area contributed by atoms with Gasteiger partial charge in [0.2, 0.25) is 0 Å². The molecule has 0 spiro atoms. The molecule has 2 heterocycles. The molecule has 2 saturated heterocycles. The highest BCUT2D eigenvalue weighted by molar-refractivity contribution is 7.86. The normalized spacial score (nSPS) is 29.7. The Morgan fingerprint density at radius 3 is 2.44 bits per heavy atom. The fourth-order valence-electron chi connectivity index (χ4n) is 2.24. The number of piperazine rings is 1. The fourth-order valence-corrected chi connectivity index (χ4v) is 2.92. The van der Waals surface area contributed by atoms with Gasteiger partial charge in [0, 0.05) is 39.3 Å². The molecule has 7 heteroatoms. The van der Waals surface area contributed by atoms with E-state index in [-0.39, 0.29) is 0 Å². The summed E-state index contributed by atoms with van der Waals surface area (Å²) in [6, 6.07) is 0. The Kier molecular flexibility index (Phi) is 3.81.